The van der Waals surface area contributed by atoms with Crippen LogP contribution in [0.2, 0.25) is 0 Å². The van der Waals surface area contributed by atoms with Crippen LogP contribution in [0.3, 0.4) is 0 Å². The summed E-state index contributed by atoms with van der Waals surface area (Å²) < 4.78 is 29.2. The van der Waals surface area contributed by atoms with Gasteiger partial charge in [-0.25, -0.2) is 17.9 Å². The second-order valence-electron chi connectivity index (χ2n) is 10.5. The second kappa shape index (κ2) is 11.0. The lowest BCUT2D eigenvalue weighted by atomic mass is 9.98. The summed E-state index contributed by atoms with van der Waals surface area (Å²) in [5, 5.41) is 12.6. The molecule has 3 N–H and O–H groups in total. The van der Waals surface area contributed by atoms with Crippen LogP contribution in [0.15, 0.2) is 77.7 Å². The Morgan fingerprint density at radius 3 is 2.10 bits per heavy atom. The van der Waals surface area contributed by atoms with E-state index in [-0.39, 0.29) is 28.4 Å². The predicted octanol–water partition coefficient (Wildman–Crippen LogP) is 5.17. The molecule has 0 heterocycles. The normalized spacial score (nSPS) is 12.9. The lowest BCUT2D eigenvalue weighted by Crippen LogP contribution is -2.34. The lowest BCUT2D eigenvalue weighted by molar-refractivity contribution is -0.139. The molecule has 0 fully saturated rings. The van der Waals surface area contributed by atoms with E-state index in [4.69, 9.17) is 0 Å². The van der Waals surface area contributed by atoms with Crippen molar-refractivity contribution >= 4 is 27.7 Å². The van der Waals surface area contributed by atoms with Crippen LogP contribution in [0.5, 0.6) is 0 Å². The number of carbonyl (C=O) groups is 3. The highest BCUT2D eigenvalue weighted by molar-refractivity contribution is 7.89. The van der Waals surface area contributed by atoms with Crippen molar-refractivity contribution in [2.75, 3.05) is 0 Å². The number of fused-ring (bicyclic) bond motifs is 3. The zero-order valence-corrected chi connectivity index (χ0v) is 24.4. The molecule has 4 aromatic rings. The average molecular weight is 583 g/mol. The Balaban J connectivity index is 1.40. The van der Waals surface area contributed by atoms with Crippen molar-refractivity contribution < 1.29 is 27.9 Å². The fourth-order valence-corrected chi connectivity index (χ4v) is 7.11. The minimum Gasteiger partial charge on any atom is -0.479 e. The van der Waals surface area contributed by atoms with E-state index < -0.39 is 27.9 Å². The molecule has 1 aliphatic rings. The summed E-state index contributed by atoms with van der Waals surface area (Å²) in [6.07, 6.45) is 0. The maximum Gasteiger partial charge on any atom is 0.330 e. The van der Waals surface area contributed by atoms with E-state index in [0.717, 1.165) is 11.1 Å². The number of ketones is 1. The number of hydrogen-bond donors (Lipinski definition) is 3. The minimum absolute atomic E-state index is 0.0760. The monoisotopic (exact) mass is 582 g/mol. The Labute approximate surface area is 244 Å². The summed E-state index contributed by atoms with van der Waals surface area (Å²) in [6.45, 7) is 7.20. The van der Waals surface area contributed by atoms with E-state index in [1.54, 1.807) is 80.6 Å². The van der Waals surface area contributed by atoms with Crippen LogP contribution in [0.4, 0.5) is 0 Å². The zero-order valence-electron chi connectivity index (χ0n) is 23.6. The SMILES string of the molecule is Cc1cc(C)c(C)c(S(=O)(=O)NCc2cccc(C(NC(=O)c3cccc4c3-c3ccccc3C4=O)C(=O)O)c2)c1C. The molecule has 214 valence electrons. The molecule has 5 rings (SSSR count). The van der Waals surface area contributed by atoms with E-state index in [0.29, 0.717) is 38.9 Å². The molecule has 0 saturated carbocycles. The van der Waals surface area contributed by atoms with Gasteiger partial charge in [0.2, 0.25) is 10.0 Å². The van der Waals surface area contributed by atoms with Crippen molar-refractivity contribution in [3.05, 3.63) is 123 Å². The molecule has 42 heavy (non-hydrogen) atoms. The van der Waals surface area contributed by atoms with Gasteiger partial charge in [-0.05, 0) is 72.7 Å². The van der Waals surface area contributed by atoms with Crippen molar-refractivity contribution in [3.63, 3.8) is 0 Å². The molecule has 4 aromatic carbocycles. The summed E-state index contributed by atoms with van der Waals surface area (Å²) in [4.78, 5) is 38.9. The van der Waals surface area contributed by atoms with E-state index in [9.17, 15) is 27.9 Å². The van der Waals surface area contributed by atoms with Crippen molar-refractivity contribution in [2.45, 2.75) is 45.2 Å². The van der Waals surface area contributed by atoms with Gasteiger partial charge in [0.05, 0.1) is 4.90 Å². The van der Waals surface area contributed by atoms with Gasteiger partial charge in [-0.3, -0.25) is 9.59 Å². The number of nitrogens with one attached hydrogen (secondary N) is 2. The Morgan fingerprint density at radius 1 is 0.810 bits per heavy atom. The van der Waals surface area contributed by atoms with Crippen LogP contribution < -0.4 is 10.0 Å². The third-order valence-corrected chi connectivity index (χ3v) is 9.51. The molecular weight excluding hydrogens is 552 g/mol. The number of hydrogen-bond acceptors (Lipinski definition) is 5. The van der Waals surface area contributed by atoms with Gasteiger partial charge in [0.15, 0.2) is 11.8 Å². The summed E-state index contributed by atoms with van der Waals surface area (Å²) in [5.74, 6) is -2.12. The third-order valence-electron chi connectivity index (χ3n) is 7.83. The summed E-state index contributed by atoms with van der Waals surface area (Å²) >= 11 is 0. The molecule has 0 radical (unpaired) electrons. The molecule has 8 nitrogen and oxygen atoms in total. The van der Waals surface area contributed by atoms with Gasteiger partial charge in [-0.2, -0.15) is 0 Å². The molecule has 0 aliphatic heterocycles. The average Bonchev–Trinajstić information content (AvgIpc) is 3.25. The number of aryl methyl sites for hydroxylation is 2. The molecule has 0 spiro atoms. The minimum atomic E-state index is -3.87. The first-order chi connectivity index (χ1) is 19.9. The Hall–Kier alpha value is -4.60. The topological polar surface area (TPSA) is 130 Å². The molecule has 1 atom stereocenters. The molecule has 0 bridgehead atoms. The van der Waals surface area contributed by atoms with Crippen molar-refractivity contribution in [3.8, 4) is 11.1 Å². The Kier molecular flexibility index (Phi) is 7.57. The molecule has 1 unspecified atom stereocenters. The molecule has 0 aromatic heterocycles. The van der Waals surface area contributed by atoms with Gasteiger partial charge in [0.1, 0.15) is 0 Å². The van der Waals surface area contributed by atoms with Crippen LogP contribution >= 0.6 is 0 Å². The number of carboxylic acids is 1. The van der Waals surface area contributed by atoms with E-state index in [1.807, 2.05) is 19.9 Å². The highest BCUT2D eigenvalue weighted by atomic mass is 32.2. The molecule has 0 saturated heterocycles. The van der Waals surface area contributed by atoms with Gasteiger partial charge in [0, 0.05) is 28.8 Å². The maximum absolute atomic E-state index is 13.4. The number of sulfonamides is 1. The quantitative estimate of drug-likeness (QED) is 0.232. The number of aliphatic carboxylic acids is 1. The largest absolute Gasteiger partial charge is 0.479 e. The van der Waals surface area contributed by atoms with Gasteiger partial charge in [0.25, 0.3) is 5.91 Å². The standard InChI is InChI=1S/C33H30N2O6S/c1-18-15-19(2)21(4)31(20(18)3)42(40,41)34-17-22-9-7-10-23(16-22)29(33(38)39)35-32(37)27-14-8-13-26-28(27)24-11-5-6-12-25(24)30(26)36/h5-16,29,34H,17H2,1-4H3,(H,35,37)(H,38,39). The molecule has 1 amide bonds. The fourth-order valence-electron chi connectivity index (χ4n) is 5.48. The second-order valence-corrected chi connectivity index (χ2v) is 12.2. The zero-order chi connectivity index (χ0) is 30.3. The van der Waals surface area contributed by atoms with Crippen LogP contribution in [-0.2, 0) is 21.4 Å². The molecular formula is C33H30N2O6S. The maximum atomic E-state index is 13.4. The van der Waals surface area contributed by atoms with Crippen molar-refractivity contribution in [1.29, 1.82) is 0 Å². The van der Waals surface area contributed by atoms with Crippen LogP contribution in [0.1, 0.15) is 65.7 Å². The van der Waals surface area contributed by atoms with Crippen molar-refractivity contribution in [2.24, 2.45) is 0 Å². The van der Waals surface area contributed by atoms with Crippen LogP contribution in [0, 0.1) is 27.7 Å². The van der Waals surface area contributed by atoms with Crippen LogP contribution in [-0.4, -0.2) is 31.2 Å². The first-order valence-electron chi connectivity index (χ1n) is 13.4. The number of carbonyl (C=O) groups excluding carboxylic acids is 2. The number of carboxylic acid groups (broad SMARTS) is 1. The van der Waals surface area contributed by atoms with Crippen molar-refractivity contribution in [1.82, 2.24) is 10.0 Å². The summed E-state index contributed by atoms with van der Waals surface area (Å²) in [7, 11) is -3.87. The van der Waals surface area contributed by atoms with E-state index in [2.05, 4.69) is 10.0 Å². The summed E-state index contributed by atoms with van der Waals surface area (Å²) in [5.41, 5.74) is 6.05. The highest BCUT2D eigenvalue weighted by Crippen LogP contribution is 2.39. The molecule has 9 heteroatoms. The smallest absolute Gasteiger partial charge is 0.330 e. The first-order valence-corrected chi connectivity index (χ1v) is 14.9. The number of benzene rings is 4. The predicted molar refractivity (Wildman–Crippen MR) is 159 cm³/mol. The summed E-state index contributed by atoms with van der Waals surface area (Å²) in [6, 6.07) is 18.7. The van der Waals surface area contributed by atoms with E-state index in [1.165, 1.54) is 0 Å². The van der Waals surface area contributed by atoms with Gasteiger partial charge in [-0.15, -0.1) is 0 Å². The molecule has 1 aliphatic carbocycles. The lowest BCUT2D eigenvalue weighted by Gasteiger charge is -2.18. The first kappa shape index (κ1) is 28.9. The third kappa shape index (κ3) is 5.13. The van der Waals surface area contributed by atoms with Gasteiger partial charge < -0.3 is 10.4 Å². The Bertz CT molecular complexity index is 1870. The number of amides is 1. The number of rotatable bonds is 8. The van der Waals surface area contributed by atoms with Crippen LogP contribution in [0.25, 0.3) is 11.1 Å². The van der Waals surface area contributed by atoms with E-state index >= 15 is 0 Å². The highest BCUT2D eigenvalue weighted by Gasteiger charge is 2.32. The van der Waals surface area contributed by atoms with Gasteiger partial charge in [-0.1, -0.05) is 66.7 Å². The fraction of sp³-hybridized carbons (Fsp3) is 0.182. The Morgan fingerprint density at radius 2 is 1.43 bits per heavy atom. The van der Waals surface area contributed by atoms with Gasteiger partial charge >= 0.3 is 5.97 Å².